The van der Waals surface area contributed by atoms with Gasteiger partial charge < -0.3 is 10.6 Å². The maximum Gasteiger partial charge on any atom is 0.221 e. The zero-order valence-electron chi connectivity index (χ0n) is 14.0. The van der Waals surface area contributed by atoms with Crippen molar-refractivity contribution in [2.75, 3.05) is 11.5 Å². The quantitative estimate of drug-likeness (QED) is 0.634. The van der Waals surface area contributed by atoms with Crippen LogP contribution in [-0.4, -0.2) is 33.3 Å². The van der Waals surface area contributed by atoms with Gasteiger partial charge in [0.05, 0.1) is 0 Å². The molecule has 0 aliphatic heterocycles. The zero-order valence-corrected chi connectivity index (χ0v) is 14.8. The van der Waals surface area contributed by atoms with E-state index in [1.807, 2.05) is 24.3 Å². The number of carbonyl (C=O) groups excluding carboxylic acids is 2. The van der Waals surface area contributed by atoms with Crippen LogP contribution in [-0.2, 0) is 22.7 Å². The van der Waals surface area contributed by atoms with Crippen molar-refractivity contribution in [2.24, 2.45) is 0 Å². The normalized spacial score (nSPS) is 10.2. The van der Waals surface area contributed by atoms with Crippen LogP contribution in [0.3, 0.4) is 0 Å². The maximum absolute atomic E-state index is 11.7. The molecule has 2 N–H and O–H groups in total. The third-order valence-electron chi connectivity index (χ3n) is 3.37. The number of thioether (sulfide) groups is 1. The SMILES string of the molecule is O=C(CCSCCC(=O)NCc1cccnc1)NCc1cccnc1. The first-order chi connectivity index (χ1) is 12.2. The zero-order chi connectivity index (χ0) is 17.7. The van der Waals surface area contributed by atoms with Crippen molar-refractivity contribution in [3.8, 4) is 0 Å². The van der Waals surface area contributed by atoms with Crippen LogP contribution in [0.15, 0.2) is 49.1 Å². The number of amides is 2. The molecular weight excluding hydrogens is 336 g/mol. The molecule has 0 unspecified atom stereocenters. The maximum atomic E-state index is 11.7. The first-order valence-electron chi connectivity index (χ1n) is 8.13. The summed E-state index contributed by atoms with van der Waals surface area (Å²) >= 11 is 1.61. The number of nitrogens with zero attached hydrogens (tertiary/aromatic N) is 2. The van der Waals surface area contributed by atoms with Crippen LogP contribution < -0.4 is 10.6 Å². The molecule has 0 spiro atoms. The first-order valence-corrected chi connectivity index (χ1v) is 9.28. The van der Waals surface area contributed by atoms with Gasteiger partial charge >= 0.3 is 0 Å². The van der Waals surface area contributed by atoms with Gasteiger partial charge in [-0.1, -0.05) is 12.1 Å². The van der Waals surface area contributed by atoms with Crippen LogP contribution in [0.1, 0.15) is 24.0 Å². The van der Waals surface area contributed by atoms with E-state index >= 15 is 0 Å². The molecule has 2 amide bonds. The summed E-state index contributed by atoms with van der Waals surface area (Å²) in [6.45, 7) is 0.988. The van der Waals surface area contributed by atoms with E-state index in [-0.39, 0.29) is 11.8 Å². The number of carbonyl (C=O) groups is 2. The van der Waals surface area contributed by atoms with Crippen LogP contribution >= 0.6 is 11.8 Å². The second-order valence-corrected chi connectivity index (χ2v) is 6.61. The molecule has 2 aromatic rings. The predicted molar refractivity (Wildman–Crippen MR) is 98.7 cm³/mol. The molecule has 0 radical (unpaired) electrons. The molecule has 2 rings (SSSR count). The molecule has 2 heterocycles. The molecule has 132 valence electrons. The van der Waals surface area contributed by atoms with E-state index < -0.39 is 0 Å². The van der Waals surface area contributed by atoms with Crippen LogP contribution in [0.4, 0.5) is 0 Å². The second kappa shape index (κ2) is 11.2. The molecule has 0 atom stereocenters. The predicted octanol–water partition coefficient (Wildman–Crippen LogP) is 1.92. The van der Waals surface area contributed by atoms with Crippen LogP contribution in [0.25, 0.3) is 0 Å². The highest BCUT2D eigenvalue weighted by molar-refractivity contribution is 7.99. The molecule has 7 heteroatoms. The van der Waals surface area contributed by atoms with Gasteiger partial charge in [0.1, 0.15) is 0 Å². The van der Waals surface area contributed by atoms with Crippen molar-refractivity contribution in [1.29, 1.82) is 0 Å². The molecule has 0 saturated carbocycles. The van der Waals surface area contributed by atoms with Gasteiger partial charge in [-0.25, -0.2) is 0 Å². The van der Waals surface area contributed by atoms with Gasteiger partial charge in [-0.3, -0.25) is 19.6 Å². The van der Waals surface area contributed by atoms with Crippen molar-refractivity contribution >= 4 is 23.6 Å². The first kappa shape index (κ1) is 18.9. The van der Waals surface area contributed by atoms with E-state index in [1.54, 1.807) is 36.5 Å². The average molecular weight is 358 g/mol. The Hall–Kier alpha value is -2.41. The largest absolute Gasteiger partial charge is 0.352 e. The lowest BCUT2D eigenvalue weighted by Crippen LogP contribution is -2.24. The molecule has 0 bridgehead atoms. The minimum Gasteiger partial charge on any atom is -0.352 e. The number of nitrogens with one attached hydrogen (secondary N) is 2. The summed E-state index contributed by atoms with van der Waals surface area (Å²) in [6, 6.07) is 7.53. The van der Waals surface area contributed by atoms with Crippen molar-refractivity contribution < 1.29 is 9.59 Å². The third kappa shape index (κ3) is 8.30. The van der Waals surface area contributed by atoms with E-state index in [2.05, 4.69) is 20.6 Å². The smallest absolute Gasteiger partial charge is 0.221 e. The fourth-order valence-corrected chi connectivity index (χ4v) is 2.88. The van der Waals surface area contributed by atoms with Crippen LogP contribution in [0.2, 0.25) is 0 Å². The number of aromatic nitrogens is 2. The Morgan fingerprint density at radius 1 is 0.840 bits per heavy atom. The molecule has 0 fully saturated rings. The van der Waals surface area contributed by atoms with Crippen LogP contribution in [0.5, 0.6) is 0 Å². The Balaban J connectivity index is 1.48. The summed E-state index contributed by atoms with van der Waals surface area (Å²) in [4.78, 5) is 31.5. The monoisotopic (exact) mass is 358 g/mol. The molecule has 6 nitrogen and oxygen atoms in total. The molecule has 0 aliphatic carbocycles. The van der Waals surface area contributed by atoms with Gasteiger partial charge in [-0.15, -0.1) is 0 Å². The fourth-order valence-electron chi connectivity index (χ4n) is 2.02. The summed E-state index contributed by atoms with van der Waals surface area (Å²) in [7, 11) is 0. The van der Waals surface area contributed by atoms with Crippen molar-refractivity contribution in [2.45, 2.75) is 25.9 Å². The lowest BCUT2D eigenvalue weighted by Gasteiger charge is -2.06. The fraction of sp³-hybridized carbons (Fsp3) is 0.333. The van der Waals surface area contributed by atoms with Gasteiger partial charge in [0.15, 0.2) is 0 Å². The molecule has 0 aliphatic rings. The minimum atomic E-state index is 0.0115. The molecule has 25 heavy (non-hydrogen) atoms. The van der Waals surface area contributed by atoms with Gasteiger partial charge in [0.2, 0.25) is 11.8 Å². The minimum absolute atomic E-state index is 0.0115. The Morgan fingerprint density at radius 3 is 1.72 bits per heavy atom. The molecule has 0 aromatic carbocycles. The summed E-state index contributed by atoms with van der Waals surface area (Å²) in [5, 5.41) is 5.72. The van der Waals surface area contributed by atoms with Gasteiger partial charge in [0.25, 0.3) is 0 Å². The highest BCUT2D eigenvalue weighted by Crippen LogP contribution is 2.05. The van der Waals surface area contributed by atoms with Gasteiger partial charge in [0, 0.05) is 62.2 Å². The molecule has 0 saturated heterocycles. The van der Waals surface area contributed by atoms with Crippen molar-refractivity contribution in [3.05, 3.63) is 60.2 Å². The van der Waals surface area contributed by atoms with Crippen molar-refractivity contribution in [1.82, 2.24) is 20.6 Å². The molecule has 2 aromatic heterocycles. The number of hydrogen-bond acceptors (Lipinski definition) is 5. The summed E-state index contributed by atoms with van der Waals surface area (Å²) in [6.07, 6.45) is 7.77. The lowest BCUT2D eigenvalue weighted by atomic mass is 10.3. The van der Waals surface area contributed by atoms with E-state index in [0.29, 0.717) is 37.4 Å². The van der Waals surface area contributed by atoms with E-state index in [0.717, 1.165) is 11.1 Å². The second-order valence-electron chi connectivity index (χ2n) is 5.39. The number of pyridine rings is 2. The topological polar surface area (TPSA) is 84.0 Å². The van der Waals surface area contributed by atoms with Gasteiger partial charge in [-0.05, 0) is 23.3 Å². The van der Waals surface area contributed by atoms with E-state index in [4.69, 9.17) is 0 Å². The number of rotatable bonds is 10. The molecular formula is C18H22N4O2S. The van der Waals surface area contributed by atoms with Crippen molar-refractivity contribution in [3.63, 3.8) is 0 Å². The number of hydrogen-bond donors (Lipinski definition) is 2. The Labute approximate surface area is 151 Å². The lowest BCUT2D eigenvalue weighted by molar-refractivity contribution is -0.121. The summed E-state index contributed by atoms with van der Waals surface area (Å²) in [5.41, 5.74) is 1.96. The van der Waals surface area contributed by atoms with E-state index in [1.165, 1.54) is 0 Å². The van der Waals surface area contributed by atoms with Crippen LogP contribution in [0, 0.1) is 0 Å². The summed E-state index contributed by atoms with van der Waals surface area (Å²) in [5.74, 6) is 1.43. The standard InChI is InChI=1S/C18H22N4O2S/c23-17(21-13-15-3-1-7-19-11-15)5-9-25-10-6-18(24)22-14-16-4-2-8-20-12-16/h1-4,7-8,11-12H,5-6,9-10,13-14H2,(H,21,23)(H,22,24). The van der Waals surface area contributed by atoms with E-state index in [9.17, 15) is 9.59 Å². The highest BCUT2D eigenvalue weighted by Gasteiger charge is 2.04. The Morgan fingerprint density at radius 2 is 1.32 bits per heavy atom. The Bertz CT molecular complexity index is 595. The average Bonchev–Trinajstić information content (AvgIpc) is 2.66. The third-order valence-corrected chi connectivity index (χ3v) is 4.36. The summed E-state index contributed by atoms with van der Waals surface area (Å²) < 4.78 is 0. The Kier molecular flexibility index (Phi) is 8.48. The highest BCUT2D eigenvalue weighted by atomic mass is 32.2. The van der Waals surface area contributed by atoms with Gasteiger partial charge in [-0.2, -0.15) is 11.8 Å².